The molecule has 1 atom stereocenters. The van der Waals surface area contributed by atoms with Crippen LogP contribution in [0.3, 0.4) is 0 Å². The van der Waals surface area contributed by atoms with Gasteiger partial charge < -0.3 is 20.1 Å². The molecule has 218 valence electrons. The Morgan fingerprint density at radius 2 is 1.81 bits per heavy atom. The van der Waals surface area contributed by atoms with Gasteiger partial charge in [0.15, 0.2) is 11.5 Å². The molecular formula is C33H37N5O3S. The molecule has 5 rings (SSSR count). The topological polar surface area (TPSA) is 90.3 Å². The average Bonchev–Trinajstić information content (AvgIpc) is 3.38. The van der Waals surface area contributed by atoms with E-state index in [0.717, 1.165) is 40.2 Å². The van der Waals surface area contributed by atoms with Crippen molar-refractivity contribution < 1.29 is 14.3 Å². The summed E-state index contributed by atoms with van der Waals surface area (Å²) in [4.78, 5) is 18.7. The van der Waals surface area contributed by atoms with E-state index in [2.05, 4.69) is 29.7 Å². The maximum atomic E-state index is 14.0. The number of benzene rings is 3. The maximum Gasteiger partial charge on any atom is 0.255 e. The summed E-state index contributed by atoms with van der Waals surface area (Å²) in [5.41, 5.74) is 6.26. The van der Waals surface area contributed by atoms with Crippen LogP contribution in [0.2, 0.25) is 0 Å². The van der Waals surface area contributed by atoms with E-state index in [4.69, 9.17) is 19.6 Å². The Morgan fingerprint density at radius 3 is 2.57 bits per heavy atom. The van der Waals surface area contributed by atoms with E-state index >= 15 is 0 Å². The Bertz CT molecular complexity index is 1600. The van der Waals surface area contributed by atoms with Gasteiger partial charge in [0.05, 0.1) is 18.8 Å². The van der Waals surface area contributed by atoms with Crippen molar-refractivity contribution in [1.29, 1.82) is 0 Å². The van der Waals surface area contributed by atoms with Crippen LogP contribution >= 0.6 is 11.8 Å². The number of hydrogen-bond donors (Lipinski definition) is 2. The molecule has 0 saturated carbocycles. The van der Waals surface area contributed by atoms with Crippen molar-refractivity contribution in [1.82, 2.24) is 14.8 Å². The molecule has 1 unspecified atom stereocenters. The fourth-order valence-corrected chi connectivity index (χ4v) is 5.56. The van der Waals surface area contributed by atoms with E-state index < -0.39 is 6.04 Å². The van der Waals surface area contributed by atoms with Crippen LogP contribution < -0.4 is 20.1 Å². The summed E-state index contributed by atoms with van der Waals surface area (Å²) >= 11 is 1.56. The Balaban J connectivity index is 1.51. The Kier molecular flexibility index (Phi) is 9.17. The highest BCUT2D eigenvalue weighted by molar-refractivity contribution is 7.99. The van der Waals surface area contributed by atoms with Crippen molar-refractivity contribution in [2.45, 2.75) is 52.2 Å². The molecule has 3 aromatic carbocycles. The standard InChI is InChI=1S/C33H37N5O3S/c1-6-40-28-20-25(16-17-27(28)41-19-18-24-13-9-8-10-14-24)30-29(31(39)35-26-15-11-12-21(3)22(26)4)23(5)34-32-36-33(42-7-2)37-38(30)32/h8-17,20,30H,6-7,18-19H2,1-5H3,(H,35,39)(H,34,36,37). The van der Waals surface area contributed by atoms with Crippen molar-refractivity contribution in [3.8, 4) is 11.5 Å². The summed E-state index contributed by atoms with van der Waals surface area (Å²) in [6.45, 7) is 11.0. The first-order chi connectivity index (χ1) is 20.4. The minimum atomic E-state index is -0.525. The molecule has 0 aliphatic carbocycles. The van der Waals surface area contributed by atoms with Crippen molar-refractivity contribution >= 4 is 29.3 Å². The Labute approximate surface area is 251 Å². The summed E-state index contributed by atoms with van der Waals surface area (Å²) in [6.07, 6.45) is 0.785. The van der Waals surface area contributed by atoms with E-state index in [1.54, 1.807) is 16.4 Å². The van der Waals surface area contributed by atoms with E-state index in [0.29, 0.717) is 41.4 Å². The summed E-state index contributed by atoms with van der Waals surface area (Å²) in [5.74, 6) is 2.51. The van der Waals surface area contributed by atoms with E-state index in [1.807, 2.05) is 82.3 Å². The zero-order valence-electron chi connectivity index (χ0n) is 24.7. The first-order valence-electron chi connectivity index (χ1n) is 14.3. The van der Waals surface area contributed by atoms with Gasteiger partial charge in [-0.2, -0.15) is 4.98 Å². The minimum absolute atomic E-state index is 0.203. The van der Waals surface area contributed by atoms with Crippen LogP contribution in [0, 0.1) is 13.8 Å². The van der Waals surface area contributed by atoms with Gasteiger partial charge in [0.1, 0.15) is 6.04 Å². The molecule has 0 spiro atoms. The van der Waals surface area contributed by atoms with E-state index in [-0.39, 0.29) is 5.91 Å². The summed E-state index contributed by atoms with van der Waals surface area (Å²) in [5, 5.41) is 11.9. The highest BCUT2D eigenvalue weighted by Gasteiger charge is 2.35. The molecule has 0 fully saturated rings. The number of nitrogens with one attached hydrogen (secondary N) is 2. The van der Waals surface area contributed by atoms with Gasteiger partial charge in [-0.25, -0.2) is 4.68 Å². The minimum Gasteiger partial charge on any atom is -0.490 e. The number of amides is 1. The monoisotopic (exact) mass is 583 g/mol. The first kappa shape index (κ1) is 29.3. The summed E-state index contributed by atoms with van der Waals surface area (Å²) in [7, 11) is 0. The molecule has 0 radical (unpaired) electrons. The molecule has 4 aromatic rings. The van der Waals surface area contributed by atoms with Gasteiger partial charge in [-0.05, 0) is 73.9 Å². The second kappa shape index (κ2) is 13.2. The quantitative estimate of drug-likeness (QED) is 0.185. The SMILES string of the molecule is CCOc1cc(C2C(C(=O)Nc3cccc(C)c3C)=C(C)Nc3nc(SCC)nn32)ccc1OCCc1ccccc1. The molecule has 1 aromatic heterocycles. The molecule has 1 aliphatic rings. The third-order valence-electron chi connectivity index (χ3n) is 7.28. The number of hydrogen-bond acceptors (Lipinski definition) is 7. The van der Waals surface area contributed by atoms with Gasteiger partial charge >= 0.3 is 0 Å². The van der Waals surface area contributed by atoms with E-state index in [9.17, 15) is 4.79 Å². The lowest BCUT2D eigenvalue weighted by molar-refractivity contribution is -0.113. The molecule has 2 heterocycles. The van der Waals surface area contributed by atoms with Gasteiger partial charge in [0.25, 0.3) is 5.91 Å². The zero-order chi connectivity index (χ0) is 29.6. The van der Waals surface area contributed by atoms with Crippen molar-refractivity contribution in [3.05, 3.63) is 100 Å². The second-order valence-electron chi connectivity index (χ2n) is 10.1. The summed E-state index contributed by atoms with van der Waals surface area (Å²) < 4.78 is 14.0. The molecule has 9 heteroatoms. The van der Waals surface area contributed by atoms with Crippen LogP contribution in [-0.2, 0) is 11.2 Å². The van der Waals surface area contributed by atoms with Gasteiger partial charge in [-0.3, -0.25) is 4.79 Å². The second-order valence-corrected chi connectivity index (χ2v) is 11.3. The number of carbonyl (C=O) groups excluding carboxylic acids is 1. The maximum absolute atomic E-state index is 14.0. The average molecular weight is 584 g/mol. The number of fused-ring (bicyclic) bond motifs is 1. The van der Waals surface area contributed by atoms with Crippen LogP contribution in [0.4, 0.5) is 11.6 Å². The number of allylic oxidation sites excluding steroid dienone is 1. The molecule has 0 saturated heterocycles. The molecule has 42 heavy (non-hydrogen) atoms. The molecule has 8 nitrogen and oxygen atoms in total. The van der Waals surface area contributed by atoms with Crippen LogP contribution in [-0.4, -0.2) is 39.6 Å². The highest BCUT2D eigenvalue weighted by Crippen LogP contribution is 2.40. The molecule has 1 amide bonds. The normalized spacial score (nSPS) is 14.3. The Morgan fingerprint density at radius 1 is 1.00 bits per heavy atom. The number of aromatic nitrogens is 3. The smallest absolute Gasteiger partial charge is 0.255 e. The molecule has 2 N–H and O–H groups in total. The molecule has 1 aliphatic heterocycles. The number of aryl methyl sites for hydroxylation is 1. The van der Waals surface area contributed by atoms with Crippen LogP contribution in [0.15, 0.2) is 83.2 Å². The predicted molar refractivity (Wildman–Crippen MR) is 169 cm³/mol. The Hall–Kier alpha value is -4.24. The van der Waals surface area contributed by atoms with Crippen LogP contribution in [0.1, 0.15) is 49.1 Å². The summed E-state index contributed by atoms with van der Waals surface area (Å²) in [6, 6.07) is 21.5. The fraction of sp³-hybridized carbons (Fsp3) is 0.303. The fourth-order valence-electron chi connectivity index (χ4n) is 5.01. The van der Waals surface area contributed by atoms with Crippen LogP contribution in [0.25, 0.3) is 0 Å². The van der Waals surface area contributed by atoms with Crippen molar-refractivity contribution in [2.75, 3.05) is 29.6 Å². The number of nitrogens with zero attached hydrogens (tertiary/aromatic N) is 3. The van der Waals surface area contributed by atoms with Crippen LogP contribution in [0.5, 0.6) is 11.5 Å². The first-order valence-corrected chi connectivity index (χ1v) is 15.3. The zero-order valence-corrected chi connectivity index (χ0v) is 25.5. The number of anilines is 2. The lowest BCUT2D eigenvalue weighted by Crippen LogP contribution is -2.31. The molecular weight excluding hydrogens is 546 g/mol. The number of thioether (sulfide) groups is 1. The van der Waals surface area contributed by atoms with Gasteiger partial charge in [-0.1, -0.05) is 67.2 Å². The van der Waals surface area contributed by atoms with Gasteiger partial charge in [0.2, 0.25) is 11.1 Å². The lowest BCUT2D eigenvalue weighted by atomic mass is 9.94. The highest BCUT2D eigenvalue weighted by atomic mass is 32.2. The number of ether oxygens (including phenoxy) is 2. The molecule has 0 bridgehead atoms. The van der Waals surface area contributed by atoms with E-state index in [1.165, 1.54) is 5.56 Å². The largest absolute Gasteiger partial charge is 0.490 e. The van der Waals surface area contributed by atoms with Crippen molar-refractivity contribution in [3.63, 3.8) is 0 Å². The van der Waals surface area contributed by atoms with Crippen molar-refractivity contribution in [2.24, 2.45) is 0 Å². The van der Waals surface area contributed by atoms with Gasteiger partial charge in [-0.15, -0.1) is 5.10 Å². The third-order valence-corrected chi connectivity index (χ3v) is 8.00. The lowest BCUT2D eigenvalue weighted by Gasteiger charge is -2.29. The number of carbonyl (C=O) groups is 1. The van der Waals surface area contributed by atoms with Gasteiger partial charge in [0, 0.05) is 17.8 Å². The predicted octanol–water partition coefficient (Wildman–Crippen LogP) is 6.95. The third kappa shape index (κ3) is 6.31. The number of rotatable bonds is 11.